The molecule has 0 heterocycles. The van der Waals surface area contributed by atoms with Crippen LogP contribution in [-0.4, -0.2) is 39.9 Å². The highest BCUT2D eigenvalue weighted by Gasteiger charge is 2.18. The molecule has 1 N–H and O–H groups in total. The quantitative estimate of drug-likeness (QED) is 0.826. The summed E-state index contributed by atoms with van der Waals surface area (Å²) >= 11 is 0. The van der Waals surface area contributed by atoms with Crippen molar-refractivity contribution in [1.29, 1.82) is 0 Å². The third-order valence-electron chi connectivity index (χ3n) is 4.60. The van der Waals surface area contributed by atoms with Crippen molar-refractivity contribution in [2.24, 2.45) is 0 Å². The van der Waals surface area contributed by atoms with Crippen molar-refractivity contribution in [3.63, 3.8) is 0 Å². The molecule has 7 heteroatoms. The number of rotatable bonds is 6. The maximum absolute atomic E-state index is 12.7. The Labute approximate surface area is 160 Å². The molecule has 3 rings (SSSR count). The molecule has 144 valence electrons. The number of nitrogens with zero attached hydrogens (tertiary/aromatic N) is 1. The number of carbonyl (C=O) groups is 1. The summed E-state index contributed by atoms with van der Waals surface area (Å²) in [5.74, 6) is 0.356. The number of hydrogen-bond donors (Lipinski definition) is 1. The summed E-state index contributed by atoms with van der Waals surface area (Å²) in [4.78, 5) is 13.3. The number of nitrogens with one attached hydrogen (secondary N) is 1. The van der Waals surface area contributed by atoms with Gasteiger partial charge in [-0.25, -0.2) is 8.42 Å². The zero-order chi connectivity index (χ0) is 19.4. The molecule has 0 bridgehead atoms. The second-order valence-corrected chi connectivity index (χ2v) is 8.53. The molecular formula is C20H24N2O4S. The van der Waals surface area contributed by atoms with Gasteiger partial charge in [-0.1, -0.05) is 6.07 Å². The summed E-state index contributed by atoms with van der Waals surface area (Å²) < 4.78 is 33.3. The van der Waals surface area contributed by atoms with E-state index >= 15 is 0 Å². The zero-order valence-electron chi connectivity index (χ0n) is 15.6. The van der Waals surface area contributed by atoms with Gasteiger partial charge in [-0.3, -0.25) is 9.52 Å². The standard InChI is InChI=1S/C20H24N2O4S/c1-22(2)20(23)14-26-18-10-8-17(9-11-18)21-27(24,25)19-12-7-15-5-3-4-6-16(15)13-19/h7-13,21H,3-6,14H2,1-2H3. The minimum absolute atomic E-state index is 0.0623. The van der Waals surface area contributed by atoms with E-state index < -0.39 is 10.0 Å². The van der Waals surface area contributed by atoms with Crippen LogP contribution in [0.15, 0.2) is 47.4 Å². The largest absolute Gasteiger partial charge is 0.484 e. The van der Waals surface area contributed by atoms with E-state index in [9.17, 15) is 13.2 Å². The first kappa shape index (κ1) is 19.2. The van der Waals surface area contributed by atoms with Crippen LogP contribution in [0.4, 0.5) is 5.69 Å². The number of carbonyl (C=O) groups excluding carboxylic acids is 1. The smallest absolute Gasteiger partial charge is 0.261 e. The zero-order valence-corrected chi connectivity index (χ0v) is 16.4. The molecule has 1 aliphatic rings. The SMILES string of the molecule is CN(C)C(=O)COc1ccc(NS(=O)(=O)c2ccc3c(c2)CCCC3)cc1. The Kier molecular flexibility index (Phi) is 5.70. The van der Waals surface area contributed by atoms with Crippen LogP contribution in [0.3, 0.4) is 0 Å². The highest BCUT2D eigenvalue weighted by molar-refractivity contribution is 7.92. The van der Waals surface area contributed by atoms with Crippen LogP contribution in [0.1, 0.15) is 24.0 Å². The van der Waals surface area contributed by atoms with Crippen LogP contribution < -0.4 is 9.46 Å². The fourth-order valence-electron chi connectivity index (χ4n) is 2.98. The van der Waals surface area contributed by atoms with Gasteiger partial charge in [-0.2, -0.15) is 0 Å². The molecular weight excluding hydrogens is 364 g/mol. The lowest BCUT2D eigenvalue weighted by molar-refractivity contribution is -0.130. The molecule has 0 unspecified atom stereocenters. The van der Waals surface area contributed by atoms with E-state index in [1.165, 1.54) is 10.5 Å². The summed E-state index contributed by atoms with van der Waals surface area (Å²) in [6.07, 6.45) is 4.20. The first-order valence-electron chi connectivity index (χ1n) is 8.93. The van der Waals surface area contributed by atoms with Crippen molar-refractivity contribution in [2.75, 3.05) is 25.4 Å². The minimum atomic E-state index is -3.65. The number of aryl methyl sites for hydroxylation is 2. The van der Waals surface area contributed by atoms with Gasteiger partial charge in [0.05, 0.1) is 4.90 Å². The molecule has 0 saturated carbocycles. The molecule has 1 amide bonds. The Hall–Kier alpha value is -2.54. The van der Waals surface area contributed by atoms with Crippen molar-refractivity contribution in [3.05, 3.63) is 53.6 Å². The number of sulfonamides is 1. The number of benzene rings is 2. The molecule has 1 aliphatic carbocycles. The molecule has 6 nitrogen and oxygen atoms in total. The van der Waals surface area contributed by atoms with Gasteiger partial charge in [0.1, 0.15) is 5.75 Å². The number of fused-ring (bicyclic) bond motifs is 1. The molecule has 0 saturated heterocycles. The van der Waals surface area contributed by atoms with Crippen LogP contribution in [0.5, 0.6) is 5.75 Å². The molecule has 0 aromatic heterocycles. The van der Waals surface area contributed by atoms with Gasteiger partial charge in [0.15, 0.2) is 6.61 Å². The van der Waals surface area contributed by atoms with Crippen molar-refractivity contribution < 1.29 is 17.9 Å². The molecule has 0 aliphatic heterocycles. The van der Waals surface area contributed by atoms with Crippen LogP contribution in [-0.2, 0) is 27.7 Å². The number of ether oxygens (including phenoxy) is 1. The number of hydrogen-bond acceptors (Lipinski definition) is 4. The average molecular weight is 388 g/mol. The van der Waals surface area contributed by atoms with Crippen molar-refractivity contribution in [2.45, 2.75) is 30.6 Å². The van der Waals surface area contributed by atoms with E-state index in [-0.39, 0.29) is 17.4 Å². The lowest BCUT2D eigenvalue weighted by Gasteiger charge is -2.17. The van der Waals surface area contributed by atoms with E-state index in [2.05, 4.69) is 4.72 Å². The third-order valence-corrected chi connectivity index (χ3v) is 5.98. The lowest BCUT2D eigenvalue weighted by Crippen LogP contribution is -2.27. The Morgan fingerprint density at radius 2 is 1.70 bits per heavy atom. The highest BCUT2D eigenvalue weighted by Crippen LogP contribution is 2.25. The molecule has 0 fully saturated rings. The van der Waals surface area contributed by atoms with E-state index in [1.54, 1.807) is 50.5 Å². The maximum Gasteiger partial charge on any atom is 0.261 e. The van der Waals surface area contributed by atoms with Gasteiger partial charge in [-0.05, 0) is 73.2 Å². The van der Waals surface area contributed by atoms with Crippen molar-refractivity contribution >= 4 is 21.6 Å². The molecule has 2 aromatic carbocycles. The van der Waals surface area contributed by atoms with Gasteiger partial charge < -0.3 is 9.64 Å². The topological polar surface area (TPSA) is 75.7 Å². The second kappa shape index (κ2) is 8.00. The Morgan fingerprint density at radius 3 is 2.37 bits per heavy atom. The third kappa shape index (κ3) is 4.80. The predicted octanol–water partition coefficient (Wildman–Crippen LogP) is 2.83. The number of anilines is 1. The van der Waals surface area contributed by atoms with Gasteiger partial charge in [0.25, 0.3) is 15.9 Å². The Morgan fingerprint density at radius 1 is 1.04 bits per heavy atom. The van der Waals surface area contributed by atoms with Gasteiger partial charge in [0, 0.05) is 19.8 Å². The van der Waals surface area contributed by atoms with E-state index in [0.29, 0.717) is 11.4 Å². The van der Waals surface area contributed by atoms with Crippen LogP contribution in [0, 0.1) is 0 Å². The normalized spacial score (nSPS) is 13.6. The summed E-state index contributed by atoms with van der Waals surface area (Å²) in [5, 5.41) is 0. The Bertz CT molecular complexity index is 921. The highest BCUT2D eigenvalue weighted by atomic mass is 32.2. The van der Waals surface area contributed by atoms with Gasteiger partial charge in [0.2, 0.25) is 0 Å². The molecule has 0 radical (unpaired) electrons. The van der Waals surface area contributed by atoms with Gasteiger partial charge >= 0.3 is 0 Å². The minimum Gasteiger partial charge on any atom is -0.484 e. The monoisotopic (exact) mass is 388 g/mol. The lowest BCUT2D eigenvalue weighted by atomic mass is 9.92. The summed E-state index contributed by atoms with van der Waals surface area (Å²) in [6, 6.07) is 11.9. The first-order chi connectivity index (χ1) is 12.8. The average Bonchev–Trinajstić information content (AvgIpc) is 2.66. The Balaban J connectivity index is 1.68. The van der Waals surface area contributed by atoms with Crippen LogP contribution in [0.2, 0.25) is 0 Å². The predicted molar refractivity (Wildman–Crippen MR) is 105 cm³/mol. The molecule has 2 aromatic rings. The number of likely N-dealkylation sites (N-methyl/N-ethyl adjacent to an activating group) is 1. The van der Waals surface area contributed by atoms with Crippen LogP contribution in [0.25, 0.3) is 0 Å². The molecule has 0 spiro atoms. The molecule has 0 atom stereocenters. The van der Waals surface area contributed by atoms with Crippen molar-refractivity contribution in [3.8, 4) is 5.75 Å². The van der Waals surface area contributed by atoms with Gasteiger partial charge in [-0.15, -0.1) is 0 Å². The molecule has 27 heavy (non-hydrogen) atoms. The van der Waals surface area contributed by atoms with Crippen LogP contribution >= 0.6 is 0 Å². The van der Waals surface area contributed by atoms with Crippen molar-refractivity contribution in [1.82, 2.24) is 4.90 Å². The fourth-order valence-corrected chi connectivity index (χ4v) is 4.09. The first-order valence-corrected chi connectivity index (χ1v) is 10.4. The van der Waals surface area contributed by atoms with E-state index in [1.807, 2.05) is 6.07 Å². The maximum atomic E-state index is 12.7. The number of amides is 1. The van der Waals surface area contributed by atoms with E-state index in [4.69, 9.17) is 4.74 Å². The summed E-state index contributed by atoms with van der Waals surface area (Å²) in [6.45, 7) is -0.0623. The second-order valence-electron chi connectivity index (χ2n) is 6.84. The summed E-state index contributed by atoms with van der Waals surface area (Å²) in [5.41, 5.74) is 2.81. The van der Waals surface area contributed by atoms with E-state index in [0.717, 1.165) is 31.2 Å². The fraction of sp³-hybridized carbons (Fsp3) is 0.350. The summed E-state index contributed by atoms with van der Waals surface area (Å²) in [7, 11) is -0.334.